The molecule has 4 saturated heterocycles. The van der Waals surface area contributed by atoms with Crippen LogP contribution in [0.5, 0.6) is 0 Å². The van der Waals surface area contributed by atoms with E-state index >= 15 is 0 Å². The second kappa shape index (κ2) is 35.8. The first-order chi connectivity index (χ1) is 40.6. The topological polar surface area (TPSA) is 230 Å². The molecular weight excluding hydrogens is 1280 g/mol. The maximum atomic E-state index is 14.6. The van der Waals surface area contributed by atoms with Gasteiger partial charge in [-0.15, -0.1) is 23.5 Å². The van der Waals surface area contributed by atoms with E-state index in [1.807, 2.05) is 118 Å². The number of esters is 3. The van der Waals surface area contributed by atoms with Crippen LogP contribution >= 0.6 is 115 Å². The van der Waals surface area contributed by atoms with E-state index in [0.29, 0.717) is 27.2 Å². The Morgan fingerprint density at radius 3 is 1.68 bits per heavy atom. The molecule has 28 heteroatoms. The van der Waals surface area contributed by atoms with Gasteiger partial charge in [0.25, 0.3) is 0 Å². The minimum absolute atomic E-state index is 0.0114. The van der Waals surface area contributed by atoms with Crippen molar-refractivity contribution in [2.24, 2.45) is 5.92 Å². The molecule has 18 nitrogen and oxygen atoms in total. The summed E-state index contributed by atoms with van der Waals surface area (Å²) in [6.45, 7) is 9.57. The van der Waals surface area contributed by atoms with Gasteiger partial charge in [0.15, 0.2) is 25.0 Å². The highest BCUT2D eigenvalue weighted by Gasteiger charge is 2.56. The molecule has 3 N–H and O–H groups in total. The summed E-state index contributed by atoms with van der Waals surface area (Å²) < 4.78 is 59.7. The Kier molecular flexibility index (Phi) is 29.5. The molecule has 2 aromatic heterocycles. The first-order valence-corrected chi connectivity index (χ1v) is 36.0. The van der Waals surface area contributed by atoms with E-state index in [4.69, 9.17) is 71.8 Å². The van der Waals surface area contributed by atoms with Gasteiger partial charge in [0.05, 0.1) is 19.1 Å². The molecule has 0 amide bonds. The molecule has 4 aliphatic heterocycles. The van der Waals surface area contributed by atoms with Crippen molar-refractivity contribution in [2.75, 3.05) is 49.4 Å². The van der Waals surface area contributed by atoms with Gasteiger partial charge in [0.1, 0.15) is 83.0 Å². The second-order valence-corrected chi connectivity index (χ2v) is 31.6. The van der Waals surface area contributed by atoms with Crippen molar-refractivity contribution in [2.45, 2.75) is 135 Å². The van der Waals surface area contributed by atoms with E-state index in [-0.39, 0.29) is 37.5 Å². The Morgan fingerprint density at radius 2 is 1.15 bits per heavy atom. The minimum atomic E-state index is -1.67. The zero-order valence-corrected chi connectivity index (χ0v) is 54.6. The van der Waals surface area contributed by atoms with Crippen molar-refractivity contribution < 1.29 is 77.1 Å². The fourth-order valence-electron chi connectivity index (χ4n) is 8.55. The molecule has 2 aromatic carbocycles. The summed E-state index contributed by atoms with van der Waals surface area (Å²) >= 11 is 16.2. The Morgan fingerprint density at radius 1 is 0.655 bits per heavy atom. The van der Waals surface area contributed by atoms with Crippen molar-refractivity contribution in [3.05, 3.63) is 121 Å². The molecular formula is C56H68N2O16S10. The van der Waals surface area contributed by atoms with E-state index in [2.05, 4.69) is 9.97 Å². The quantitative estimate of drug-likeness (QED) is 0.0195. The lowest BCUT2D eigenvalue weighted by Crippen LogP contribution is -2.67. The second-order valence-electron chi connectivity index (χ2n) is 19.0. The number of hydrogen-bond donors (Lipinski definition) is 3. The summed E-state index contributed by atoms with van der Waals surface area (Å²) in [5.41, 5.74) is 1.42. The number of thiocarbonyl (C=S) groups is 2. The summed E-state index contributed by atoms with van der Waals surface area (Å²) in [5, 5.41) is 36.4. The van der Waals surface area contributed by atoms with Gasteiger partial charge in [-0.2, -0.15) is 0 Å². The van der Waals surface area contributed by atoms with Crippen LogP contribution in [0.2, 0.25) is 0 Å². The average Bonchev–Trinajstić information content (AvgIpc) is 1.38. The lowest BCUT2D eigenvalue weighted by molar-refractivity contribution is -0.412. The summed E-state index contributed by atoms with van der Waals surface area (Å²) in [7, 11) is 6.18. The highest BCUT2D eigenvalue weighted by molar-refractivity contribution is 8.77. The number of benzene rings is 2. The number of hydrogen-bond acceptors (Lipinski definition) is 28. The van der Waals surface area contributed by atoms with Crippen molar-refractivity contribution >= 4 is 140 Å². The molecule has 458 valence electrons. The molecule has 84 heavy (non-hydrogen) atoms. The molecule has 4 aliphatic rings. The number of rotatable bonds is 24. The molecule has 8 rings (SSSR count). The molecule has 0 bridgehead atoms. The molecule has 0 saturated carbocycles. The van der Waals surface area contributed by atoms with Gasteiger partial charge in [-0.1, -0.05) is 163 Å². The van der Waals surface area contributed by atoms with Gasteiger partial charge >= 0.3 is 17.9 Å². The fourth-order valence-corrected chi connectivity index (χ4v) is 17.6. The van der Waals surface area contributed by atoms with Gasteiger partial charge < -0.3 is 62.7 Å². The number of fused-ring (bicyclic) bond motifs is 2. The normalized spacial score (nSPS) is 27.0. The van der Waals surface area contributed by atoms with Crippen LogP contribution in [0.25, 0.3) is 0 Å². The van der Waals surface area contributed by atoms with Crippen LogP contribution in [0.3, 0.4) is 0 Å². The summed E-state index contributed by atoms with van der Waals surface area (Å²) in [4.78, 5) is 48.2. The van der Waals surface area contributed by atoms with Crippen molar-refractivity contribution in [3.8, 4) is 0 Å². The number of carbonyl (C=O) groups is 3. The monoisotopic (exact) mass is 1340 g/mol. The molecule has 0 radical (unpaired) electrons. The molecule has 4 fully saturated rings. The molecule has 15 atom stereocenters. The predicted molar refractivity (Wildman–Crippen MR) is 342 cm³/mol. The van der Waals surface area contributed by atoms with Crippen molar-refractivity contribution in [1.82, 2.24) is 9.97 Å². The van der Waals surface area contributed by atoms with E-state index in [1.54, 1.807) is 59.6 Å². The average molecular weight is 1350 g/mol. The number of ether oxygens (including phenoxy) is 10. The number of thioether (sulfide) groups is 4. The molecule has 0 spiro atoms. The van der Waals surface area contributed by atoms with Gasteiger partial charge in [0, 0.05) is 35.0 Å². The van der Waals surface area contributed by atoms with Crippen LogP contribution in [0.1, 0.15) is 64.7 Å². The Hall–Kier alpha value is -2.27. The first kappa shape index (κ1) is 69.2. The SMILES string of the molecule is CCSC(=S)SC(C)(CC(C)C(=O)OCCSSc1ccccn1)C(=O)O[C@H]1[C@@H](O[C@H]2O[C@@H]3COC(c4ccccc4)O[C@H]3[C@H](O)[C@H]2O)O[C@@H]2COC(c3ccccc3)O[C@H]2[C@@H]1O.CCSC(=S)SC(C)C(=O)OCCSSc1ccccn1. The zero-order chi connectivity index (χ0) is 60.0. The van der Waals surface area contributed by atoms with Crippen LogP contribution < -0.4 is 0 Å². The molecule has 6 heterocycles. The van der Waals surface area contributed by atoms with Crippen molar-refractivity contribution in [3.63, 3.8) is 0 Å². The third-order valence-electron chi connectivity index (χ3n) is 12.7. The number of aliphatic hydroxyl groups excluding tert-OH is 3. The van der Waals surface area contributed by atoms with Gasteiger partial charge in [-0.05, 0) is 77.6 Å². The summed E-state index contributed by atoms with van der Waals surface area (Å²) in [6.07, 6.45) is -11.5. The number of nitrogens with zero attached hydrogens (tertiary/aromatic N) is 2. The zero-order valence-electron chi connectivity index (χ0n) is 46.5. The largest absolute Gasteiger partial charge is 0.465 e. The number of carbonyl (C=O) groups excluding carboxylic acids is 3. The Balaban J connectivity index is 0.000000407. The first-order valence-electron chi connectivity index (χ1n) is 26.9. The van der Waals surface area contributed by atoms with E-state index in [1.165, 1.54) is 45.1 Å². The molecule has 5 unspecified atom stereocenters. The van der Waals surface area contributed by atoms with Crippen LogP contribution in [0, 0.1) is 5.92 Å². The number of aromatic nitrogens is 2. The summed E-state index contributed by atoms with van der Waals surface area (Å²) in [5.74, 6) is 0.499. The van der Waals surface area contributed by atoms with E-state index in [0.717, 1.165) is 42.4 Å². The van der Waals surface area contributed by atoms with Crippen LogP contribution in [-0.2, 0) is 61.8 Å². The van der Waals surface area contributed by atoms with E-state index < -0.39 is 96.6 Å². The maximum absolute atomic E-state index is 14.6. The summed E-state index contributed by atoms with van der Waals surface area (Å²) in [6, 6.07) is 29.7. The highest BCUT2D eigenvalue weighted by atomic mass is 33.1. The third-order valence-corrected chi connectivity index (χ3v) is 22.3. The Labute approximate surface area is 533 Å². The van der Waals surface area contributed by atoms with Gasteiger partial charge in [0.2, 0.25) is 6.29 Å². The van der Waals surface area contributed by atoms with Crippen LogP contribution in [0.4, 0.5) is 0 Å². The smallest absolute Gasteiger partial charge is 0.322 e. The van der Waals surface area contributed by atoms with Crippen LogP contribution in [-0.4, -0.2) is 171 Å². The maximum Gasteiger partial charge on any atom is 0.322 e. The minimum Gasteiger partial charge on any atom is -0.465 e. The molecule has 4 aromatic rings. The third kappa shape index (κ3) is 20.9. The van der Waals surface area contributed by atoms with Crippen LogP contribution in [0.15, 0.2) is 120 Å². The predicted octanol–water partition coefficient (Wildman–Crippen LogP) is 10.1. The molecule has 0 aliphatic carbocycles. The highest BCUT2D eigenvalue weighted by Crippen LogP contribution is 2.43. The standard InChI is InChI=1S/C43H51NO14S5.C13H17NO2S5/c1-4-60-42(59)62-43(3,21-24(2)36(48)50-19-20-61-63-29-17-11-12-18-44-29)41(49)57-35-32(47)34-28(23-52-38(56-34)26-15-9-6-10-16-26)54-40(35)58-39-31(46)30(45)33-27(53-39)22-51-37(55-33)25-13-7-5-8-14-25;1-3-18-13(17)20-10(2)12(15)16-8-9-19-21-11-6-4-5-7-14-11/h5-18,24,27-28,30-35,37-40,45-47H,4,19-23H2,1-3H3;4-7,10H,3,8-9H2,1-2H3/t24?,27-,28-,30-,31-,32+,33-,34-,35-,37?,38?,39-,40-,43?;/m1./s1. The number of aliphatic hydroxyl groups is 3. The van der Waals surface area contributed by atoms with Gasteiger partial charge in [-0.25, -0.2) is 9.97 Å². The fraction of sp³-hybridized carbons (Fsp3) is 0.518. The lowest BCUT2D eigenvalue weighted by Gasteiger charge is -2.50. The van der Waals surface area contributed by atoms with Crippen molar-refractivity contribution in [1.29, 1.82) is 0 Å². The lowest BCUT2D eigenvalue weighted by atomic mass is 9.95. The Bertz CT molecular complexity index is 2670. The number of pyridine rings is 2. The van der Waals surface area contributed by atoms with Gasteiger partial charge in [-0.3, -0.25) is 14.4 Å². The van der Waals surface area contributed by atoms with E-state index in [9.17, 15) is 29.7 Å².